The van der Waals surface area contributed by atoms with Crippen molar-refractivity contribution in [3.8, 4) is 0 Å². The van der Waals surface area contributed by atoms with Gasteiger partial charge in [-0.15, -0.1) is 0 Å². The topological polar surface area (TPSA) is 128 Å². The van der Waals surface area contributed by atoms with E-state index in [2.05, 4.69) is 16.0 Å². The fraction of sp³-hybridized carbons (Fsp3) is 0.231. The fourth-order valence-electron chi connectivity index (χ4n) is 1.90. The molecule has 4 amide bonds. The first-order valence-corrected chi connectivity index (χ1v) is 6.40. The van der Waals surface area contributed by atoms with Crippen LogP contribution in [0.3, 0.4) is 0 Å². The standard InChI is InChI=1S/C13H14N4O5/c18-10(14-6-12(20)21)5-15-13(22)17-7-11(19)16-8-3-1-2-4-9(8)17/h1-4H,5-7H2,(H,14,18)(H,15,22)(H,16,19)(H,20,21). The minimum atomic E-state index is -1.18. The van der Waals surface area contributed by atoms with Crippen LogP contribution in [0.2, 0.25) is 0 Å². The number of para-hydroxylation sites is 2. The summed E-state index contributed by atoms with van der Waals surface area (Å²) in [6, 6.07) is 6.15. The zero-order valence-electron chi connectivity index (χ0n) is 11.5. The van der Waals surface area contributed by atoms with Gasteiger partial charge in [-0.05, 0) is 12.1 Å². The quantitative estimate of drug-likeness (QED) is 0.588. The van der Waals surface area contributed by atoms with E-state index in [0.29, 0.717) is 11.4 Å². The van der Waals surface area contributed by atoms with Crippen molar-refractivity contribution in [2.24, 2.45) is 0 Å². The second-order valence-corrected chi connectivity index (χ2v) is 4.48. The summed E-state index contributed by atoms with van der Waals surface area (Å²) >= 11 is 0. The zero-order valence-corrected chi connectivity index (χ0v) is 11.5. The van der Waals surface area contributed by atoms with Gasteiger partial charge in [0.15, 0.2) is 0 Å². The molecule has 0 aliphatic carbocycles. The fourth-order valence-corrected chi connectivity index (χ4v) is 1.90. The highest BCUT2D eigenvalue weighted by atomic mass is 16.4. The highest BCUT2D eigenvalue weighted by Gasteiger charge is 2.26. The van der Waals surface area contributed by atoms with Gasteiger partial charge < -0.3 is 21.1 Å². The van der Waals surface area contributed by atoms with Gasteiger partial charge in [0.1, 0.15) is 13.1 Å². The van der Waals surface area contributed by atoms with Crippen molar-refractivity contribution in [2.45, 2.75) is 0 Å². The minimum Gasteiger partial charge on any atom is -0.480 e. The summed E-state index contributed by atoms with van der Waals surface area (Å²) < 4.78 is 0. The molecule has 0 atom stereocenters. The Bertz CT molecular complexity index is 631. The molecule has 0 saturated heterocycles. The number of hydrogen-bond acceptors (Lipinski definition) is 4. The van der Waals surface area contributed by atoms with Gasteiger partial charge in [0.25, 0.3) is 0 Å². The Hall–Kier alpha value is -3.10. The predicted molar refractivity (Wildman–Crippen MR) is 76.5 cm³/mol. The van der Waals surface area contributed by atoms with Crippen molar-refractivity contribution in [3.05, 3.63) is 24.3 Å². The van der Waals surface area contributed by atoms with Crippen molar-refractivity contribution >= 4 is 35.2 Å². The number of nitrogens with one attached hydrogen (secondary N) is 3. The van der Waals surface area contributed by atoms with Crippen LogP contribution >= 0.6 is 0 Å². The van der Waals surface area contributed by atoms with E-state index >= 15 is 0 Å². The first-order chi connectivity index (χ1) is 10.5. The molecule has 22 heavy (non-hydrogen) atoms. The Morgan fingerprint density at radius 1 is 1.18 bits per heavy atom. The molecule has 0 saturated carbocycles. The average Bonchev–Trinajstić information content (AvgIpc) is 2.49. The number of carboxylic acids is 1. The molecule has 116 valence electrons. The Morgan fingerprint density at radius 3 is 2.64 bits per heavy atom. The number of urea groups is 1. The number of rotatable bonds is 4. The third kappa shape index (κ3) is 3.72. The molecule has 0 bridgehead atoms. The SMILES string of the molecule is O=C(O)CNC(=O)CNC(=O)N1CC(=O)Nc2ccccc21. The molecule has 4 N–H and O–H groups in total. The van der Waals surface area contributed by atoms with Crippen LogP contribution in [0.5, 0.6) is 0 Å². The molecule has 1 aromatic rings. The molecule has 1 heterocycles. The number of benzene rings is 1. The normalized spacial score (nSPS) is 12.9. The summed E-state index contributed by atoms with van der Waals surface area (Å²) in [6.45, 7) is -1.07. The number of carbonyl (C=O) groups excluding carboxylic acids is 3. The summed E-state index contributed by atoms with van der Waals surface area (Å²) in [5, 5.41) is 15.5. The van der Waals surface area contributed by atoms with Crippen LogP contribution in [0.1, 0.15) is 0 Å². The van der Waals surface area contributed by atoms with Gasteiger partial charge in [0.2, 0.25) is 11.8 Å². The number of anilines is 2. The van der Waals surface area contributed by atoms with E-state index in [4.69, 9.17) is 5.11 Å². The number of aliphatic carboxylic acids is 1. The van der Waals surface area contributed by atoms with Crippen LogP contribution in [0.4, 0.5) is 16.2 Å². The van der Waals surface area contributed by atoms with Crippen molar-refractivity contribution in [3.63, 3.8) is 0 Å². The largest absolute Gasteiger partial charge is 0.480 e. The molecule has 0 spiro atoms. The molecule has 0 aromatic heterocycles. The van der Waals surface area contributed by atoms with Crippen LogP contribution in [0, 0.1) is 0 Å². The highest BCUT2D eigenvalue weighted by Crippen LogP contribution is 2.28. The van der Waals surface area contributed by atoms with Gasteiger partial charge in [0, 0.05) is 0 Å². The highest BCUT2D eigenvalue weighted by molar-refractivity contribution is 6.09. The average molecular weight is 306 g/mol. The number of carbonyl (C=O) groups is 4. The lowest BCUT2D eigenvalue weighted by atomic mass is 10.2. The second-order valence-electron chi connectivity index (χ2n) is 4.48. The van der Waals surface area contributed by atoms with Crippen molar-refractivity contribution < 1.29 is 24.3 Å². The Kier molecular flexibility index (Phi) is 4.57. The van der Waals surface area contributed by atoms with Gasteiger partial charge in [0.05, 0.1) is 17.9 Å². The summed E-state index contributed by atoms with van der Waals surface area (Å²) in [5.74, 6) is -2.16. The van der Waals surface area contributed by atoms with E-state index in [-0.39, 0.29) is 19.0 Å². The smallest absolute Gasteiger partial charge is 0.322 e. The summed E-state index contributed by atoms with van der Waals surface area (Å²) in [4.78, 5) is 46.5. The van der Waals surface area contributed by atoms with Crippen LogP contribution in [0.25, 0.3) is 0 Å². The van der Waals surface area contributed by atoms with Gasteiger partial charge >= 0.3 is 12.0 Å². The van der Waals surface area contributed by atoms with Crippen LogP contribution < -0.4 is 20.9 Å². The minimum absolute atomic E-state index is 0.167. The Balaban J connectivity index is 1.97. The maximum absolute atomic E-state index is 12.1. The molecule has 1 aliphatic heterocycles. The third-order valence-electron chi connectivity index (χ3n) is 2.85. The first-order valence-electron chi connectivity index (χ1n) is 6.40. The van der Waals surface area contributed by atoms with Crippen molar-refractivity contribution in [1.29, 1.82) is 0 Å². The predicted octanol–water partition coefficient (Wildman–Crippen LogP) is -0.644. The maximum atomic E-state index is 12.1. The molecule has 1 aromatic carbocycles. The third-order valence-corrected chi connectivity index (χ3v) is 2.85. The first kappa shape index (κ1) is 15.3. The molecule has 0 radical (unpaired) electrons. The van der Waals surface area contributed by atoms with E-state index in [1.165, 1.54) is 4.90 Å². The molecule has 9 nitrogen and oxygen atoms in total. The molecular weight excluding hydrogens is 292 g/mol. The molecular formula is C13H14N4O5. The summed E-state index contributed by atoms with van der Waals surface area (Å²) in [6.07, 6.45) is 0. The number of nitrogens with zero attached hydrogens (tertiary/aromatic N) is 1. The van der Waals surface area contributed by atoms with E-state index in [9.17, 15) is 19.2 Å². The van der Waals surface area contributed by atoms with Gasteiger partial charge in [-0.1, -0.05) is 12.1 Å². The van der Waals surface area contributed by atoms with Crippen LogP contribution in [-0.4, -0.2) is 48.6 Å². The lowest BCUT2D eigenvalue weighted by Gasteiger charge is -2.29. The monoisotopic (exact) mass is 306 g/mol. The van der Waals surface area contributed by atoms with Crippen molar-refractivity contribution in [1.82, 2.24) is 10.6 Å². The molecule has 0 fully saturated rings. The molecule has 9 heteroatoms. The van der Waals surface area contributed by atoms with Gasteiger partial charge in [-0.3, -0.25) is 19.3 Å². The Labute approximate surface area is 125 Å². The number of fused-ring (bicyclic) bond motifs is 1. The summed E-state index contributed by atoms with van der Waals surface area (Å²) in [5.41, 5.74) is 1.02. The number of amides is 4. The second kappa shape index (κ2) is 6.57. The maximum Gasteiger partial charge on any atom is 0.322 e. The van der Waals surface area contributed by atoms with Gasteiger partial charge in [-0.25, -0.2) is 4.79 Å². The van der Waals surface area contributed by atoms with E-state index in [0.717, 1.165) is 0 Å². The Morgan fingerprint density at radius 2 is 1.91 bits per heavy atom. The molecule has 0 unspecified atom stereocenters. The van der Waals surface area contributed by atoms with E-state index < -0.39 is 24.5 Å². The van der Waals surface area contributed by atoms with Gasteiger partial charge in [-0.2, -0.15) is 0 Å². The number of hydrogen-bond donors (Lipinski definition) is 4. The number of carboxylic acid groups (broad SMARTS) is 1. The summed E-state index contributed by atoms with van der Waals surface area (Å²) in [7, 11) is 0. The zero-order chi connectivity index (χ0) is 16.1. The molecule has 1 aliphatic rings. The molecule has 2 rings (SSSR count). The lowest BCUT2D eigenvalue weighted by Crippen LogP contribution is -2.49. The van der Waals surface area contributed by atoms with Crippen LogP contribution in [-0.2, 0) is 14.4 Å². The van der Waals surface area contributed by atoms with E-state index in [1.807, 2.05) is 0 Å². The van der Waals surface area contributed by atoms with E-state index in [1.54, 1.807) is 24.3 Å². The van der Waals surface area contributed by atoms with Crippen molar-refractivity contribution in [2.75, 3.05) is 29.9 Å². The van der Waals surface area contributed by atoms with Crippen LogP contribution in [0.15, 0.2) is 24.3 Å². The lowest BCUT2D eigenvalue weighted by molar-refractivity contribution is -0.137.